The van der Waals surface area contributed by atoms with Crippen molar-refractivity contribution in [1.82, 2.24) is 4.31 Å². The number of fused-ring (bicyclic) bond motifs is 1. The molecule has 0 amide bonds. The lowest BCUT2D eigenvalue weighted by molar-refractivity contribution is -0.387. The van der Waals surface area contributed by atoms with Gasteiger partial charge in [0.2, 0.25) is 10.0 Å². The van der Waals surface area contributed by atoms with Gasteiger partial charge in [-0.2, -0.15) is 4.31 Å². The van der Waals surface area contributed by atoms with Gasteiger partial charge in [-0.1, -0.05) is 30.3 Å². The van der Waals surface area contributed by atoms with Crippen LogP contribution in [0.2, 0.25) is 0 Å². The van der Waals surface area contributed by atoms with Crippen molar-refractivity contribution in [2.45, 2.75) is 35.8 Å². The SMILES string of the molecule is NC1CC2(CCN(S(=O)(=O)c3ccccc3[N+](=O)[O-])CC2)Oc2ccccc21. The van der Waals surface area contributed by atoms with E-state index in [-0.39, 0.29) is 24.0 Å². The highest BCUT2D eigenvalue weighted by atomic mass is 32.2. The van der Waals surface area contributed by atoms with E-state index in [4.69, 9.17) is 10.5 Å². The number of nitrogens with zero attached hydrogens (tertiary/aromatic N) is 2. The van der Waals surface area contributed by atoms with E-state index in [9.17, 15) is 18.5 Å². The van der Waals surface area contributed by atoms with Crippen LogP contribution in [0.15, 0.2) is 53.4 Å². The molecule has 1 unspecified atom stereocenters. The largest absolute Gasteiger partial charge is 0.487 e. The van der Waals surface area contributed by atoms with Crippen molar-refractivity contribution in [3.63, 3.8) is 0 Å². The van der Waals surface area contributed by atoms with Crippen LogP contribution in [0, 0.1) is 10.1 Å². The summed E-state index contributed by atoms with van der Waals surface area (Å²) in [5.41, 5.74) is 6.37. The zero-order valence-electron chi connectivity index (χ0n) is 15.2. The lowest BCUT2D eigenvalue weighted by atomic mass is 9.81. The molecule has 0 radical (unpaired) electrons. The maximum Gasteiger partial charge on any atom is 0.289 e. The molecule has 1 spiro atoms. The molecule has 2 aliphatic heterocycles. The predicted octanol–water partition coefficient (Wildman–Crippen LogP) is 2.60. The fourth-order valence-corrected chi connectivity index (χ4v) is 5.67. The summed E-state index contributed by atoms with van der Waals surface area (Å²) in [5.74, 6) is 0.747. The summed E-state index contributed by atoms with van der Waals surface area (Å²) in [7, 11) is -3.96. The van der Waals surface area contributed by atoms with E-state index in [1.165, 1.54) is 28.6 Å². The van der Waals surface area contributed by atoms with Gasteiger partial charge in [-0.15, -0.1) is 0 Å². The van der Waals surface area contributed by atoms with E-state index in [1.54, 1.807) is 0 Å². The molecule has 0 aliphatic carbocycles. The van der Waals surface area contributed by atoms with Gasteiger partial charge in [0.25, 0.3) is 5.69 Å². The van der Waals surface area contributed by atoms with Crippen LogP contribution < -0.4 is 10.5 Å². The third-order valence-corrected chi connectivity index (χ3v) is 7.50. The standard InChI is InChI=1S/C19H21N3O5S/c20-15-13-19(27-17-7-3-1-5-14(15)17)9-11-21(12-10-19)28(25,26)18-8-4-2-6-16(18)22(23)24/h1-8,15H,9-13,20H2. The Morgan fingerprint density at radius 2 is 1.75 bits per heavy atom. The van der Waals surface area contributed by atoms with Crippen molar-refractivity contribution >= 4 is 15.7 Å². The summed E-state index contributed by atoms with van der Waals surface area (Å²) in [6.07, 6.45) is 1.58. The molecule has 1 fully saturated rings. The second kappa shape index (κ2) is 6.84. The molecular formula is C19H21N3O5S. The van der Waals surface area contributed by atoms with Crippen molar-refractivity contribution in [3.8, 4) is 5.75 Å². The predicted molar refractivity (Wildman–Crippen MR) is 102 cm³/mol. The highest BCUT2D eigenvalue weighted by molar-refractivity contribution is 7.89. The number of para-hydroxylation sites is 2. The van der Waals surface area contributed by atoms with Crippen LogP contribution >= 0.6 is 0 Å². The molecule has 4 rings (SSSR count). The molecule has 0 bridgehead atoms. The third kappa shape index (κ3) is 3.15. The van der Waals surface area contributed by atoms with Gasteiger partial charge in [0, 0.05) is 50.0 Å². The van der Waals surface area contributed by atoms with E-state index in [1.807, 2.05) is 24.3 Å². The molecule has 0 saturated carbocycles. The maximum absolute atomic E-state index is 13.0. The molecule has 1 saturated heterocycles. The number of hydrogen-bond donors (Lipinski definition) is 1. The minimum Gasteiger partial charge on any atom is -0.487 e. The highest BCUT2D eigenvalue weighted by Crippen LogP contribution is 2.44. The first-order valence-corrected chi connectivity index (χ1v) is 10.5. The average molecular weight is 403 g/mol. The molecular weight excluding hydrogens is 382 g/mol. The fraction of sp³-hybridized carbons (Fsp3) is 0.368. The smallest absolute Gasteiger partial charge is 0.289 e. The van der Waals surface area contributed by atoms with Crippen molar-refractivity contribution in [1.29, 1.82) is 0 Å². The molecule has 2 aliphatic rings. The molecule has 9 heteroatoms. The van der Waals surface area contributed by atoms with Crippen LogP contribution in [-0.4, -0.2) is 36.3 Å². The Kier molecular flexibility index (Phi) is 4.60. The Morgan fingerprint density at radius 1 is 1.11 bits per heavy atom. The first-order chi connectivity index (χ1) is 13.3. The molecule has 2 aromatic rings. The molecule has 2 heterocycles. The van der Waals surface area contributed by atoms with Gasteiger partial charge in [-0.25, -0.2) is 8.42 Å². The van der Waals surface area contributed by atoms with Crippen LogP contribution in [0.5, 0.6) is 5.75 Å². The molecule has 1 atom stereocenters. The summed E-state index contributed by atoms with van der Waals surface area (Å²) < 4.78 is 33.6. The van der Waals surface area contributed by atoms with Crippen LogP contribution in [0.3, 0.4) is 0 Å². The summed E-state index contributed by atoms with van der Waals surface area (Å²) >= 11 is 0. The fourth-order valence-electron chi connectivity index (χ4n) is 4.07. The Morgan fingerprint density at radius 3 is 2.46 bits per heavy atom. The van der Waals surface area contributed by atoms with Crippen LogP contribution in [-0.2, 0) is 10.0 Å². The van der Waals surface area contributed by atoms with Crippen molar-refractivity contribution in [2.24, 2.45) is 5.73 Å². The minimum atomic E-state index is -3.96. The molecule has 0 aromatic heterocycles. The lowest BCUT2D eigenvalue weighted by Gasteiger charge is -2.45. The second-order valence-corrected chi connectivity index (χ2v) is 9.17. The number of ether oxygens (including phenoxy) is 1. The van der Waals surface area contributed by atoms with E-state index >= 15 is 0 Å². The number of rotatable bonds is 3. The number of nitro groups is 1. The Bertz CT molecular complexity index is 1020. The van der Waals surface area contributed by atoms with Gasteiger partial charge < -0.3 is 10.5 Å². The van der Waals surface area contributed by atoms with Gasteiger partial charge in [-0.3, -0.25) is 10.1 Å². The van der Waals surface area contributed by atoms with Gasteiger partial charge >= 0.3 is 0 Å². The van der Waals surface area contributed by atoms with Gasteiger partial charge in [0.05, 0.1) is 4.92 Å². The van der Waals surface area contributed by atoms with Crippen molar-refractivity contribution in [3.05, 3.63) is 64.2 Å². The summed E-state index contributed by atoms with van der Waals surface area (Å²) in [6, 6.07) is 12.9. The van der Waals surface area contributed by atoms with E-state index in [0.717, 1.165) is 11.3 Å². The highest BCUT2D eigenvalue weighted by Gasteiger charge is 2.45. The number of nitrogens with two attached hydrogens (primary N) is 1. The van der Waals surface area contributed by atoms with Crippen LogP contribution in [0.1, 0.15) is 30.9 Å². The van der Waals surface area contributed by atoms with Crippen LogP contribution in [0.25, 0.3) is 0 Å². The Labute approximate surface area is 163 Å². The van der Waals surface area contributed by atoms with Gasteiger partial charge in [-0.05, 0) is 12.1 Å². The van der Waals surface area contributed by atoms with Gasteiger partial charge in [0.1, 0.15) is 11.4 Å². The number of piperidine rings is 1. The molecule has 2 N–H and O–H groups in total. The average Bonchev–Trinajstić information content (AvgIpc) is 2.68. The monoisotopic (exact) mass is 403 g/mol. The first-order valence-electron chi connectivity index (χ1n) is 9.10. The first kappa shape index (κ1) is 18.9. The third-order valence-electron chi connectivity index (χ3n) is 5.55. The zero-order chi connectivity index (χ0) is 19.9. The second-order valence-electron chi connectivity index (χ2n) is 7.26. The molecule has 28 heavy (non-hydrogen) atoms. The molecule has 2 aromatic carbocycles. The summed E-state index contributed by atoms with van der Waals surface area (Å²) in [6.45, 7) is 0.451. The van der Waals surface area contributed by atoms with E-state index < -0.39 is 26.2 Å². The Balaban J connectivity index is 1.56. The minimum absolute atomic E-state index is 0.164. The quantitative estimate of drug-likeness (QED) is 0.622. The number of benzene rings is 2. The Hall–Kier alpha value is -2.49. The van der Waals surface area contributed by atoms with E-state index in [2.05, 4.69) is 0 Å². The summed E-state index contributed by atoms with van der Waals surface area (Å²) in [5, 5.41) is 11.2. The van der Waals surface area contributed by atoms with Crippen molar-refractivity contribution in [2.75, 3.05) is 13.1 Å². The number of hydrogen-bond acceptors (Lipinski definition) is 6. The summed E-state index contributed by atoms with van der Waals surface area (Å²) in [4.78, 5) is 10.3. The van der Waals surface area contributed by atoms with Gasteiger partial charge in [0.15, 0.2) is 4.90 Å². The lowest BCUT2D eigenvalue weighted by Crippen LogP contribution is -2.52. The van der Waals surface area contributed by atoms with Crippen LogP contribution in [0.4, 0.5) is 5.69 Å². The number of sulfonamides is 1. The van der Waals surface area contributed by atoms with E-state index in [0.29, 0.717) is 19.3 Å². The maximum atomic E-state index is 13.0. The number of nitro benzene ring substituents is 1. The zero-order valence-corrected chi connectivity index (χ0v) is 16.0. The molecule has 8 nitrogen and oxygen atoms in total. The topological polar surface area (TPSA) is 116 Å². The molecule has 148 valence electrons. The normalized spacial score (nSPS) is 21.7. The van der Waals surface area contributed by atoms with Crippen molar-refractivity contribution < 1.29 is 18.1 Å².